The second-order valence-electron chi connectivity index (χ2n) is 6.57. The van der Waals surface area contributed by atoms with Gasteiger partial charge in [0, 0.05) is 43.6 Å². The van der Waals surface area contributed by atoms with Gasteiger partial charge in [-0.25, -0.2) is 9.38 Å². The SMILES string of the molecule is CCNC(=NCc1oc2ccc(F)cc2c1C)N(C)CC1CCOC1.I. The highest BCUT2D eigenvalue weighted by Crippen LogP contribution is 2.26. The van der Waals surface area contributed by atoms with E-state index >= 15 is 0 Å². The summed E-state index contributed by atoms with van der Waals surface area (Å²) in [5.41, 5.74) is 1.64. The number of benzene rings is 1. The Labute approximate surface area is 171 Å². The summed E-state index contributed by atoms with van der Waals surface area (Å²) in [5, 5.41) is 4.13. The van der Waals surface area contributed by atoms with Gasteiger partial charge >= 0.3 is 0 Å². The fourth-order valence-electron chi connectivity index (χ4n) is 3.21. The summed E-state index contributed by atoms with van der Waals surface area (Å²) >= 11 is 0. The van der Waals surface area contributed by atoms with E-state index in [1.54, 1.807) is 6.07 Å². The van der Waals surface area contributed by atoms with Gasteiger partial charge in [-0.2, -0.15) is 0 Å². The van der Waals surface area contributed by atoms with Gasteiger partial charge in [0.2, 0.25) is 0 Å². The quantitative estimate of drug-likeness (QED) is 0.405. The van der Waals surface area contributed by atoms with Crippen LogP contribution in [0.5, 0.6) is 0 Å². The molecule has 7 heteroatoms. The van der Waals surface area contributed by atoms with Crippen molar-refractivity contribution in [1.82, 2.24) is 10.2 Å². The molecule has 1 saturated heterocycles. The standard InChI is InChI=1S/C19H26FN3O2.HI/c1-4-21-19(23(3)11-14-7-8-24-12-14)22-10-18-13(2)16-9-15(20)5-6-17(16)25-18;/h5-6,9,14H,4,7-8,10-12H2,1-3H3,(H,21,22);1H. The smallest absolute Gasteiger partial charge is 0.194 e. The molecule has 26 heavy (non-hydrogen) atoms. The summed E-state index contributed by atoms with van der Waals surface area (Å²) in [6, 6.07) is 4.60. The predicted molar refractivity (Wildman–Crippen MR) is 113 cm³/mol. The first kappa shape index (κ1) is 21.0. The van der Waals surface area contributed by atoms with Gasteiger partial charge in [0.25, 0.3) is 0 Å². The zero-order valence-corrected chi connectivity index (χ0v) is 17.9. The summed E-state index contributed by atoms with van der Waals surface area (Å²) in [7, 11) is 2.04. The van der Waals surface area contributed by atoms with Gasteiger partial charge in [0.15, 0.2) is 5.96 Å². The lowest BCUT2D eigenvalue weighted by molar-refractivity contribution is 0.181. The van der Waals surface area contributed by atoms with E-state index < -0.39 is 0 Å². The summed E-state index contributed by atoms with van der Waals surface area (Å²) < 4.78 is 24.8. The first-order valence-electron chi connectivity index (χ1n) is 8.83. The average Bonchev–Trinajstić information content (AvgIpc) is 3.20. The number of ether oxygens (including phenoxy) is 1. The third kappa shape index (κ3) is 4.88. The van der Waals surface area contributed by atoms with Crippen LogP contribution in [-0.2, 0) is 11.3 Å². The second-order valence-corrected chi connectivity index (χ2v) is 6.57. The molecule has 0 amide bonds. The molecule has 1 aliphatic rings. The number of nitrogens with one attached hydrogen (secondary N) is 1. The predicted octanol–water partition coefficient (Wildman–Crippen LogP) is 3.93. The molecular weight excluding hydrogens is 448 g/mol. The van der Waals surface area contributed by atoms with Crippen LogP contribution in [0.25, 0.3) is 11.0 Å². The zero-order chi connectivity index (χ0) is 17.8. The van der Waals surface area contributed by atoms with Gasteiger partial charge < -0.3 is 19.4 Å². The van der Waals surface area contributed by atoms with Gasteiger partial charge in [-0.15, -0.1) is 24.0 Å². The minimum absolute atomic E-state index is 0. The van der Waals surface area contributed by atoms with Crippen LogP contribution in [0.2, 0.25) is 0 Å². The van der Waals surface area contributed by atoms with Crippen LogP contribution in [0.3, 0.4) is 0 Å². The second kappa shape index (κ2) is 9.55. The molecule has 1 fully saturated rings. The fourth-order valence-corrected chi connectivity index (χ4v) is 3.21. The van der Waals surface area contributed by atoms with Crippen LogP contribution < -0.4 is 5.32 Å². The van der Waals surface area contributed by atoms with Crippen molar-refractivity contribution >= 4 is 40.9 Å². The maximum atomic E-state index is 13.4. The summed E-state index contributed by atoms with van der Waals surface area (Å²) in [4.78, 5) is 6.85. The van der Waals surface area contributed by atoms with E-state index in [4.69, 9.17) is 14.1 Å². The lowest BCUT2D eigenvalue weighted by Crippen LogP contribution is -2.41. The van der Waals surface area contributed by atoms with Crippen molar-refractivity contribution < 1.29 is 13.5 Å². The molecule has 0 radical (unpaired) electrons. The summed E-state index contributed by atoms with van der Waals surface area (Å²) in [6.45, 7) is 7.81. The first-order valence-corrected chi connectivity index (χ1v) is 8.83. The fraction of sp³-hybridized carbons (Fsp3) is 0.526. The maximum absolute atomic E-state index is 13.4. The van der Waals surface area contributed by atoms with Gasteiger partial charge in [-0.1, -0.05) is 0 Å². The Hall–Kier alpha value is -1.35. The molecule has 0 saturated carbocycles. The Balaban J connectivity index is 0.00000243. The van der Waals surface area contributed by atoms with E-state index in [9.17, 15) is 4.39 Å². The Bertz CT molecular complexity index is 757. The molecule has 1 aliphatic heterocycles. The molecule has 0 aliphatic carbocycles. The molecule has 2 heterocycles. The minimum Gasteiger partial charge on any atom is -0.459 e. The van der Waals surface area contributed by atoms with Crippen molar-refractivity contribution in [2.45, 2.75) is 26.8 Å². The van der Waals surface area contributed by atoms with Crippen LogP contribution >= 0.6 is 24.0 Å². The molecule has 0 spiro atoms. The minimum atomic E-state index is -0.252. The van der Waals surface area contributed by atoms with E-state index in [2.05, 4.69) is 17.1 Å². The number of halogens is 2. The summed E-state index contributed by atoms with van der Waals surface area (Å²) in [5.74, 6) is 1.91. The van der Waals surface area contributed by atoms with Crippen LogP contribution in [0, 0.1) is 18.7 Å². The molecule has 1 unspecified atom stereocenters. The molecule has 3 rings (SSSR count). The van der Waals surface area contributed by atoms with Crippen LogP contribution in [0.1, 0.15) is 24.7 Å². The molecule has 1 aromatic heterocycles. The Morgan fingerprint density at radius 1 is 1.42 bits per heavy atom. The molecule has 1 N–H and O–H groups in total. The summed E-state index contributed by atoms with van der Waals surface area (Å²) in [6.07, 6.45) is 1.10. The molecular formula is C19H27FIN3O2. The normalized spacial score (nSPS) is 17.4. The van der Waals surface area contributed by atoms with Crippen molar-refractivity contribution in [3.8, 4) is 0 Å². The maximum Gasteiger partial charge on any atom is 0.194 e. The van der Waals surface area contributed by atoms with E-state index in [1.807, 2.05) is 14.0 Å². The van der Waals surface area contributed by atoms with Crippen LogP contribution in [0.4, 0.5) is 4.39 Å². The third-order valence-electron chi connectivity index (χ3n) is 4.62. The van der Waals surface area contributed by atoms with Crippen molar-refractivity contribution in [3.63, 3.8) is 0 Å². The van der Waals surface area contributed by atoms with E-state index in [0.29, 0.717) is 18.0 Å². The van der Waals surface area contributed by atoms with Crippen LogP contribution in [0.15, 0.2) is 27.6 Å². The van der Waals surface area contributed by atoms with Crippen molar-refractivity contribution in [2.75, 3.05) is 33.4 Å². The number of furan rings is 1. The largest absolute Gasteiger partial charge is 0.459 e. The first-order chi connectivity index (χ1) is 12.1. The lowest BCUT2D eigenvalue weighted by atomic mass is 10.1. The highest BCUT2D eigenvalue weighted by molar-refractivity contribution is 14.0. The number of hydrogen-bond acceptors (Lipinski definition) is 3. The van der Waals surface area contributed by atoms with E-state index in [0.717, 1.165) is 55.4 Å². The van der Waals surface area contributed by atoms with Gasteiger partial charge in [-0.05, 0) is 38.5 Å². The lowest BCUT2D eigenvalue weighted by Gasteiger charge is -2.24. The molecule has 144 valence electrons. The molecule has 2 aromatic rings. The number of hydrogen-bond donors (Lipinski definition) is 1. The highest BCUT2D eigenvalue weighted by atomic mass is 127. The number of nitrogens with zero attached hydrogens (tertiary/aromatic N) is 2. The number of fused-ring (bicyclic) bond motifs is 1. The average molecular weight is 475 g/mol. The van der Waals surface area contributed by atoms with Gasteiger partial charge in [0.1, 0.15) is 23.7 Å². The number of aryl methyl sites for hydroxylation is 1. The van der Waals surface area contributed by atoms with Crippen molar-refractivity contribution in [1.29, 1.82) is 0 Å². The molecule has 5 nitrogen and oxygen atoms in total. The highest BCUT2D eigenvalue weighted by Gasteiger charge is 2.19. The third-order valence-corrected chi connectivity index (χ3v) is 4.62. The Morgan fingerprint density at radius 3 is 2.92 bits per heavy atom. The topological polar surface area (TPSA) is 50.0 Å². The zero-order valence-electron chi connectivity index (χ0n) is 15.5. The van der Waals surface area contributed by atoms with Gasteiger partial charge in [0.05, 0.1) is 6.61 Å². The van der Waals surface area contributed by atoms with E-state index in [-0.39, 0.29) is 29.8 Å². The number of guanidine groups is 1. The van der Waals surface area contributed by atoms with Crippen LogP contribution in [-0.4, -0.2) is 44.2 Å². The monoisotopic (exact) mass is 475 g/mol. The molecule has 1 atom stereocenters. The number of rotatable bonds is 5. The van der Waals surface area contributed by atoms with Crippen molar-refractivity contribution in [3.05, 3.63) is 35.3 Å². The Kier molecular flexibility index (Phi) is 7.69. The molecule has 0 bridgehead atoms. The van der Waals surface area contributed by atoms with E-state index in [1.165, 1.54) is 12.1 Å². The Morgan fingerprint density at radius 2 is 2.23 bits per heavy atom. The molecule has 1 aromatic carbocycles. The van der Waals surface area contributed by atoms with Crippen molar-refractivity contribution in [2.24, 2.45) is 10.9 Å². The van der Waals surface area contributed by atoms with Gasteiger partial charge in [-0.3, -0.25) is 0 Å². The number of aliphatic imine (C=N–C) groups is 1.